The van der Waals surface area contributed by atoms with Crippen molar-refractivity contribution in [2.75, 3.05) is 59.7 Å². The second-order valence-corrected chi connectivity index (χ2v) is 7.89. The summed E-state index contributed by atoms with van der Waals surface area (Å²) >= 11 is 5.91. The largest absolute Gasteiger partial charge is 0.497 e. The normalized spacial score (nSPS) is 15.9. The van der Waals surface area contributed by atoms with E-state index >= 15 is 0 Å². The Kier molecular flexibility index (Phi) is 9.24. The molecule has 164 valence electrons. The molecule has 30 heavy (non-hydrogen) atoms. The lowest BCUT2D eigenvalue weighted by Gasteiger charge is -2.31. The molecule has 1 aliphatic rings. The Hall–Kier alpha value is -1.83. The van der Waals surface area contributed by atoms with E-state index in [0.29, 0.717) is 17.3 Å². The number of rotatable bonds is 11. The number of aliphatic hydroxyl groups is 1. The number of morpholine rings is 1. The molecule has 0 spiro atoms. The Morgan fingerprint density at radius 1 is 1.07 bits per heavy atom. The Balaban J connectivity index is 1.54. The maximum Gasteiger partial charge on any atom is 0.119 e. The number of hydrogen-bond donors (Lipinski definition) is 1. The van der Waals surface area contributed by atoms with Crippen molar-refractivity contribution < 1.29 is 19.3 Å². The third kappa shape index (κ3) is 7.78. The Morgan fingerprint density at radius 2 is 1.73 bits per heavy atom. The average Bonchev–Trinajstić information content (AvgIpc) is 2.78. The molecule has 1 aliphatic heterocycles. The summed E-state index contributed by atoms with van der Waals surface area (Å²) in [6.07, 6.45) is -0.594. The Labute approximate surface area is 183 Å². The molecule has 0 radical (unpaired) electrons. The van der Waals surface area contributed by atoms with Crippen LogP contribution in [-0.4, -0.2) is 80.7 Å². The maximum absolute atomic E-state index is 10.6. The molecule has 1 fully saturated rings. The minimum Gasteiger partial charge on any atom is -0.497 e. The van der Waals surface area contributed by atoms with Crippen molar-refractivity contribution >= 4 is 11.6 Å². The molecule has 7 heteroatoms. The van der Waals surface area contributed by atoms with Gasteiger partial charge in [-0.05, 0) is 42.0 Å². The molecule has 0 amide bonds. The van der Waals surface area contributed by atoms with Gasteiger partial charge in [-0.1, -0.05) is 23.7 Å². The average molecular weight is 435 g/mol. The number of hydrogen-bond acceptors (Lipinski definition) is 6. The number of benzene rings is 2. The van der Waals surface area contributed by atoms with E-state index in [1.54, 1.807) is 19.2 Å². The highest BCUT2D eigenvalue weighted by Gasteiger charge is 2.16. The Bertz CT molecular complexity index is 736. The van der Waals surface area contributed by atoms with Crippen LogP contribution in [0.25, 0.3) is 0 Å². The van der Waals surface area contributed by atoms with Crippen molar-refractivity contribution in [1.29, 1.82) is 0 Å². The summed E-state index contributed by atoms with van der Waals surface area (Å²) in [5.74, 6) is 1.54. The summed E-state index contributed by atoms with van der Waals surface area (Å²) in [5.41, 5.74) is 1.18. The lowest BCUT2D eigenvalue weighted by atomic mass is 10.2. The molecule has 0 bridgehead atoms. The molecular formula is C23H31ClN2O4. The van der Waals surface area contributed by atoms with Crippen LogP contribution in [0.1, 0.15) is 5.56 Å². The highest BCUT2D eigenvalue weighted by atomic mass is 35.5. The van der Waals surface area contributed by atoms with Gasteiger partial charge in [0.1, 0.15) is 24.2 Å². The van der Waals surface area contributed by atoms with Crippen LogP contribution in [0.4, 0.5) is 0 Å². The lowest BCUT2D eigenvalue weighted by molar-refractivity contribution is 0.0256. The van der Waals surface area contributed by atoms with Gasteiger partial charge in [0.2, 0.25) is 0 Å². The standard InChI is InChI=1S/C23H31ClN2O4/c1-28-22-6-2-19(3-7-22)16-26(11-10-25-12-14-29-15-13-25)17-21(27)18-30-23-8-4-20(24)5-9-23/h2-9,21,27H,10-18H2,1H3/t21-/m0/s1. The van der Waals surface area contributed by atoms with Gasteiger partial charge in [-0.3, -0.25) is 9.80 Å². The topological polar surface area (TPSA) is 54.4 Å². The van der Waals surface area contributed by atoms with E-state index in [4.69, 9.17) is 25.8 Å². The van der Waals surface area contributed by atoms with Crippen LogP contribution < -0.4 is 9.47 Å². The van der Waals surface area contributed by atoms with Crippen LogP contribution in [0.5, 0.6) is 11.5 Å². The van der Waals surface area contributed by atoms with Gasteiger partial charge in [0.15, 0.2) is 0 Å². The van der Waals surface area contributed by atoms with E-state index in [1.807, 2.05) is 24.3 Å². The second-order valence-electron chi connectivity index (χ2n) is 7.46. The zero-order chi connectivity index (χ0) is 21.2. The number of methoxy groups -OCH3 is 1. The van der Waals surface area contributed by atoms with E-state index in [9.17, 15) is 5.11 Å². The lowest BCUT2D eigenvalue weighted by Crippen LogP contribution is -2.43. The van der Waals surface area contributed by atoms with Crippen LogP contribution in [-0.2, 0) is 11.3 Å². The third-order valence-electron chi connectivity index (χ3n) is 5.13. The molecule has 3 rings (SSSR count). The van der Waals surface area contributed by atoms with Gasteiger partial charge in [0.25, 0.3) is 0 Å². The van der Waals surface area contributed by atoms with E-state index in [-0.39, 0.29) is 6.61 Å². The van der Waals surface area contributed by atoms with Gasteiger partial charge >= 0.3 is 0 Å². The molecule has 0 saturated carbocycles. The van der Waals surface area contributed by atoms with Crippen LogP contribution in [0.2, 0.25) is 5.02 Å². The number of aliphatic hydroxyl groups excluding tert-OH is 1. The van der Waals surface area contributed by atoms with Crippen LogP contribution in [0.15, 0.2) is 48.5 Å². The second kappa shape index (κ2) is 12.1. The summed E-state index contributed by atoms with van der Waals surface area (Å²) in [5, 5.41) is 11.2. The third-order valence-corrected chi connectivity index (χ3v) is 5.38. The van der Waals surface area contributed by atoms with Crippen molar-refractivity contribution in [3.05, 3.63) is 59.1 Å². The van der Waals surface area contributed by atoms with Crippen molar-refractivity contribution in [3.63, 3.8) is 0 Å². The minimum absolute atomic E-state index is 0.234. The highest BCUT2D eigenvalue weighted by molar-refractivity contribution is 6.30. The molecule has 1 saturated heterocycles. The predicted molar refractivity (Wildman–Crippen MR) is 118 cm³/mol. The summed E-state index contributed by atoms with van der Waals surface area (Å²) in [4.78, 5) is 4.67. The smallest absolute Gasteiger partial charge is 0.119 e. The predicted octanol–water partition coefficient (Wildman–Crippen LogP) is 2.92. The summed E-state index contributed by atoms with van der Waals surface area (Å²) in [6, 6.07) is 15.2. The van der Waals surface area contributed by atoms with Gasteiger partial charge in [-0.25, -0.2) is 0 Å². The maximum atomic E-state index is 10.6. The van der Waals surface area contributed by atoms with Gasteiger partial charge < -0.3 is 19.3 Å². The SMILES string of the molecule is COc1ccc(CN(CCN2CCOCC2)C[C@H](O)COc2ccc(Cl)cc2)cc1. The van der Waals surface area contributed by atoms with E-state index in [0.717, 1.165) is 51.7 Å². The highest BCUT2D eigenvalue weighted by Crippen LogP contribution is 2.16. The van der Waals surface area contributed by atoms with Crippen LogP contribution in [0.3, 0.4) is 0 Å². The molecule has 6 nitrogen and oxygen atoms in total. The Morgan fingerprint density at radius 3 is 2.40 bits per heavy atom. The first-order valence-corrected chi connectivity index (χ1v) is 10.7. The quantitative estimate of drug-likeness (QED) is 0.587. The van der Waals surface area contributed by atoms with Gasteiger partial charge in [-0.2, -0.15) is 0 Å². The minimum atomic E-state index is -0.594. The fourth-order valence-electron chi connectivity index (χ4n) is 3.41. The fourth-order valence-corrected chi connectivity index (χ4v) is 3.53. The zero-order valence-electron chi connectivity index (χ0n) is 17.5. The van der Waals surface area contributed by atoms with Crippen LogP contribution >= 0.6 is 11.6 Å². The van der Waals surface area contributed by atoms with Crippen molar-refractivity contribution in [2.45, 2.75) is 12.6 Å². The van der Waals surface area contributed by atoms with Gasteiger partial charge in [-0.15, -0.1) is 0 Å². The molecule has 0 aromatic heterocycles. The molecule has 1 heterocycles. The summed E-state index contributed by atoms with van der Waals surface area (Å²) in [7, 11) is 1.67. The van der Waals surface area contributed by atoms with Crippen LogP contribution in [0, 0.1) is 0 Å². The van der Waals surface area contributed by atoms with Crippen molar-refractivity contribution in [3.8, 4) is 11.5 Å². The van der Waals surface area contributed by atoms with Crippen molar-refractivity contribution in [2.24, 2.45) is 0 Å². The first-order valence-electron chi connectivity index (χ1n) is 10.3. The zero-order valence-corrected chi connectivity index (χ0v) is 18.3. The molecular weight excluding hydrogens is 404 g/mol. The van der Waals surface area contributed by atoms with Gasteiger partial charge in [0.05, 0.1) is 20.3 Å². The number of nitrogens with zero attached hydrogens (tertiary/aromatic N) is 2. The van der Waals surface area contributed by atoms with E-state index in [2.05, 4.69) is 21.9 Å². The monoisotopic (exact) mass is 434 g/mol. The number of ether oxygens (including phenoxy) is 3. The first kappa shape index (κ1) is 22.8. The number of halogens is 1. The first-order chi connectivity index (χ1) is 14.6. The molecule has 0 aliphatic carbocycles. The van der Waals surface area contributed by atoms with Crippen molar-refractivity contribution in [1.82, 2.24) is 9.80 Å². The van der Waals surface area contributed by atoms with E-state index < -0.39 is 6.10 Å². The summed E-state index contributed by atoms with van der Waals surface area (Å²) < 4.78 is 16.4. The molecule has 2 aromatic rings. The van der Waals surface area contributed by atoms with Gasteiger partial charge in [0, 0.05) is 44.3 Å². The molecule has 1 atom stereocenters. The molecule has 0 unspecified atom stereocenters. The summed E-state index contributed by atoms with van der Waals surface area (Å²) in [6.45, 7) is 6.83. The van der Waals surface area contributed by atoms with E-state index in [1.165, 1.54) is 5.56 Å². The molecule has 2 aromatic carbocycles. The fraction of sp³-hybridized carbons (Fsp3) is 0.478. The molecule has 1 N–H and O–H groups in total.